The number of carbonyl (C=O) groups is 1. The number of nitrogens with one attached hydrogen (secondary N) is 1. The Morgan fingerprint density at radius 2 is 1.88 bits per heavy atom. The van der Waals surface area contributed by atoms with Crippen LogP contribution >= 0.6 is 0 Å². The predicted molar refractivity (Wildman–Crippen MR) is 89.7 cm³/mol. The second-order valence-corrected chi connectivity index (χ2v) is 5.20. The lowest BCUT2D eigenvalue weighted by Gasteiger charge is -2.13. The molecule has 0 aliphatic carbocycles. The fourth-order valence-electron chi connectivity index (χ4n) is 2.25. The van der Waals surface area contributed by atoms with Gasteiger partial charge in [-0.2, -0.15) is 0 Å². The zero-order valence-electron chi connectivity index (χ0n) is 13.7. The predicted octanol–water partition coefficient (Wildman–Crippen LogP) is 3.24. The molecule has 1 amide bonds. The number of hydrogen-bond acceptors (Lipinski definition) is 5. The molecule has 0 radical (unpaired) electrons. The number of para-hydroxylation sites is 1. The average Bonchev–Trinajstić information content (AvgIpc) is 2.54. The summed E-state index contributed by atoms with van der Waals surface area (Å²) < 4.78 is 10.7. The van der Waals surface area contributed by atoms with Gasteiger partial charge in [0.15, 0.2) is 6.61 Å². The number of anilines is 1. The van der Waals surface area contributed by atoms with Gasteiger partial charge in [-0.25, -0.2) is 0 Å². The van der Waals surface area contributed by atoms with Crippen LogP contribution in [0.2, 0.25) is 0 Å². The molecule has 0 fully saturated rings. The first-order chi connectivity index (χ1) is 11.4. The van der Waals surface area contributed by atoms with E-state index in [1.54, 1.807) is 0 Å². The molecule has 0 bridgehead atoms. The van der Waals surface area contributed by atoms with Crippen LogP contribution in [0, 0.1) is 24.0 Å². The molecule has 0 heterocycles. The van der Waals surface area contributed by atoms with Gasteiger partial charge >= 0.3 is 0 Å². The number of rotatable bonds is 6. The van der Waals surface area contributed by atoms with Gasteiger partial charge in [0, 0.05) is 6.07 Å². The summed E-state index contributed by atoms with van der Waals surface area (Å²) in [4.78, 5) is 22.3. The third-order valence-corrected chi connectivity index (χ3v) is 3.43. The molecule has 7 nitrogen and oxygen atoms in total. The summed E-state index contributed by atoms with van der Waals surface area (Å²) in [7, 11) is 1.38. The van der Waals surface area contributed by atoms with E-state index in [1.165, 1.54) is 25.3 Å². The highest BCUT2D eigenvalue weighted by molar-refractivity contribution is 5.93. The molecule has 2 aromatic carbocycles. The maximum absolute atomic E-state index is 12.1. The number of aryl methyl sites for hydroxylation is 2. The fourth-order valence-corrected chi connectivity index (χ4v) is 2.25. The van der Waals surface area contributed by atoms with Crippen LogP contribution in [-0.4, -0.2) is 24.5 Å². The van der Waals surface area contributed by atoms with Crippen molar-refractivity contribution in [3.63, 3.8) is 0 Å². The number of nitro benzene ring substituents is 1. The Hall–Kier alpha value is -3.09. The molecule has 24 heavy (non-hydrogen) atoms. The van der Waals surface area contributed by atoms with Crippen LogP contribution in [-0.2, 0) is 4.79 Å². The van der Waals surface area contributed by atoms with Crippen LogP contribution in [0.4, 0.5) is 11.4 Å². The molecular weight excluding hydrogens is 312 g/mol. The first-order valence-corrected chi connectivity index (χ1v) is 7.23. The summed E-state index contributed by atoms with van der Waals surface area (Å²) in [6.07, 6.45) is 0. The molecule has 2 aromatic rings. The maximum Gasteiger partial charge on any atom is 0.273 e. The van der Waals surface area contributed by atoms with Crippen molar-refractivity contribution in [1.82, 2.24) is 0 Å². The van der Waals surface area contributed by atoms with E-state index < -0.39 is 4.92 Å². The number of hydrogen-bond donors (Lipinski definition) is 1. The summed E-state index contributed by atoms with van der Waals surface area (Å²) in [5.74, 6) is 0.498. The molecular formula is C17H18N2O5. The number of nitrogens with zero attached hydrogens (tertiary/aromatic N) is 1. The van der Waals surface area contributed by atoms with E-state index in [4.69, 9.17) is 9.47 Å². The lowest BCUT2D eigenvalue weighted by molar-refractivity contribution is -0.384. The molecule has 0 saturated heterocycles. The van der Waals surface area contributed by atoms with Gasteiger partial charge < -0.3 is 14.8 Å². The van der Waals surface area contributed by atoms with E-state index in [2.05, 4.69) is 5.32 Å². The molecule has 1 N–H and O–H groups in total. The lowest BCUT2D eigenvalue weighted by atomic mass is 10.1. The van der Waals surface area contributed by atoms with E-state index >= 15 is 0 Å². The van der Waals surface area contributed by atoms with Crippen LogP contribution in [0.25, 0.3) is 0 Å². The fraction of sp³-hybridized carbons (Fsp3) is 0.235. The van der Waals surface area contributed by atoms with E-state index in [1.807, 2.05) is 32.0 Å². The molecule has 0 aliphatic rings. The normalized spacial score (nSPS) is 10.1. The van der Waals surface area contributed by atoms with Gasteiger partial charge in [0.05, 0.1) is 23.8 Å². The minimum absolute atomic E-state index is 0.114. The van der Waals surface area contributed by atoms with E-state index in [-0.39, 0.29) is 24.0 Å². The number of ether oxygens (including phenoxy) is 2. The third kappa shape index (κ3) is 4.01. The van der Waals surface area contributed by atoms with Gasteiger partial charge in [-0.05, 0) is 31.0 Å². The lowest BCUT2D eigenvalue weighted by Crippen LogP contribution is -2.21. The molecule has 0 saturated carbocycles. The van der Waals surface area contributed by atoms with Crippen molar-refractivity contribution in [1.29, 1.82) is 0 Å². The summed E-state index contributed by atoms with van der Waals surface area (Å²) in [5, 5.41) is 13.4. The maximum atomic E-state index is 12.1. The number of amides is 1. The monoisotopic (exact) mass is 330 g/mol. The second kappa shape index (κ2) is 7.45. The Morgan fingerprint density at radius 1 is 1.21 bits per heavy atom. The summed E-state index contributed by atoms with van der Waals surface area (Å²) in [6, 6.07) is 9.69. The largest absolute Gasteiger partial charge is 0.494 e. The summed E-state index contributed by atoms with van der Waals surface area (Å²) in [6.45, 7) is 3.63. The standard InChI is InChI=1S/C17H18N2O5/c1-11-5-4-6-12(2)17(11)24-10-16(20)18-14-8-7-13(19(21)22)9-15(14)23-3/h4-9H,10H2,1-3H3,(H,18,20). The molecule has 0 aliphatic heterocycles. The first-order valence-electron chi connectivity index (χ1n) is 7.23. The molecule has 0 aromatic heterocycles. The zero-order valence-corrected chi connectivity index (χ0v) is 13.7. The van der Waals surface area contributed by atoms with Crippen molar-refractivity contribution in [2.45, 2.75) is 13.8 Å². The number of carbonyl (C=O) groups excluding carboxylic acids is 1. The van der Waals surface area contributed by atoms with Crippen molar-refractivity contribution >= 4 is 17.3 Å². The summed E-state index contributed by atoms with van der Waals surface area (Å²) in [5.41, 5.74) is 2.11. The van der Waals surface area contributed by atoms with Gasteiger partial charge in [0.1, 0.15) is 11.5 Å². The number of nitro groups is 1. The average molecular weight is 330 g/mol. The van der Waals surface area contributed by atoms with Gasteiger partial charge in [-0.1, -0.05) is 18.2 Å². The van der Waals surface area contributed by atoms with Crippen molar-refractivity contribution < 1.29 is 19.2 Å². The highest BCUT2D eigenvalue weighted by Gasteiger charge is 2.14. The molecule has 0 spiro atoms. The Morgan fingerprint density at radius 3 is 2.46 bits per heavy atom. The Bertz CT molecular complexity index is 753. The molecule has 7 heteroatoms. The molecule has 2 rings (SSSR count). The van der Waals surface area contributed by atoms with Crippen LogP contribution in [0.1, 0.15) is 11.1 Å². The minimum atomic E-state index is -0.530. The molecule has 126 valence electrons. The second-order valence-electron chi connectivity index (χ2n) is 5.20. The van der Waals surface area contributed by atoms with Crippen molar-refractivity contribution in [2.75, 3.05) is 19.0 Å². The van der Waals surface area contributed by atoms with Crippen LogP contribution in [0.5, 0.6) is 11.5 Å². The molecule has 0 unspecified atom stereocenters. The quantitative estimate of drug-likeness (QED) is 0.648. The van der Waals surface area contributed by atoms with Crippen molar-refractivity contribution in [3.05, 3.63) is 57.6 Å². The Kier molecular flexibility index (Phi) is 5.36. The third-order valence-electron chi connectivity index (χ3n) is 3.43. The van der Waals surface area contributed by atoms with Crippen LogP contribution in [0.15, 0.2) is 36.4 Å². The summed E-state index contributed by atoms with van der Waals surface area (Å²) >= 11 is 0. The van der Waals surface area contributed by atoms with Gasteiger partial charge in [-0.3, -0.25) is 14.9 Å². The van der Waals surface area contributed by atoms with Crippen LogP contribution < -0.4 is 14.8 Å². The highest BCUT2D eigenvalue weighted by atomic mass is 16.6. The van der Waals surface area contributed by atoms with Gasteiger partial charge in [0.25, 0.3) is 11.6 Å². The Balaban J connectivity index is 2.06. The number of non-ortho nitro benzene ring substituents is 1. The smallest absolute Gasteiger partial charge is 0.273 e. The van der Waals surface area contributed by atoms with Crippen LogP contribution in [0.3, 0.4) is 0 Å². The first kappa shape index (κ1) is 17.3. The highest BCUT2D eigenvalue weighted by Crippen LogP contribution is 2.29. The zero-order chi connectivity index (χ0) is 17.7. The minimum Gasteiger partial charge on any atom is -0.494 e. The van der Waals surface area contributed by atoms with Gasteiger partial charge in [0.2, 0.25) is 0 Å². The number of benzene rings is 2. The van der Waals surface area contributed by atoms with Crippen molar-refractivity contribution in [2.24, 2.45) is 0 Å². The Labute approximate surface area is 139 Å². The number of methoxy groups -OCH3 is 1. The van der Waals surface area contributed by atoms with Crippen molar-refractivity contribution in [3.8, 4) is 11.5 Å². The SMILES string of the molecule is COc1cc([N+](=O)[O-])ccc1NC(=O)COc1c(C)cccc1C. The molecule has 0 atom stereocenters. The van der Waals surface area contributed by atoms with Gasteiger partial charge in [-0.15, -0.1) is 0 Å². The van der Waals surface area contributed by atoms with E-state index in [0.29, 0.717) is 11.4 Å². The van der Waals surface area contributed by atoms with E-state index in [9.17, 15) is 14.9 Å². The topological polar surface area (TPSA) is 90.7 Å². The van der Waals surface area contributed by atoms with E-state index in [0.717, 1.165) is 11.1 Å².